The number of hydrogen-bond donors (Lipinski definition) is 2. The van der Waals surface area contributed by atoms with Crippen LogP contribution in [0.15, 0.2) is 48.5 Å². The number of benzene rings is 2. The summed E-state index contributed by atoms with van der Waals surface area (Å²) >= 11 is 5.35. The minimum absolute atomic E-state index is 0.0986. The Balaban J connectivity index is 1.69. The molecule has 0 aliphatic heterocycles. The van der Waals surface area contributed by atoms with Gasteiger partial charge in [-0.2, -0.15) is 5.10 Å². The molecule has 1 amide bonds. The number of carbonyl (C=O) groups is 1. The van der Waals surface area contributed by atoms with Crippen LogP contribution in [0.5, 0.6) is 0 Å². The van der Waals surface area contributed by atoms with Gasteiger partial charge in [-0.3, -0.25) is 19.4 Å². The summed E-state index contributed by atoms with van der Waals surface area (Å²) in [4.78, 5) is 15.0. The number of amides is 1. The first-order valence-electron chi connectivity index (χ1n) is 10.3. The quantitative estimate of drug-likeness (QED) is 0.509. The van der Waals surface area contributed by atoms with Gasteiger partial charge in [0, 0.05) is 18.7 Å². The number of aromatic amines is 1. The molecule has 3 aromatic rings. The zero-order chi connectivity index (χ0) is 21.5. The lowest BCUT2D eigenvalue weighted by Gasteiger charge is -2.20. The molecular weight excluding hydrogens is 394 g/mol. The molecule has 0 aliphatic rings. The van der Waals surface area contributed by atoms with E-state index < -0.39 is 0 Å². The Morgan fingerprint density at radius 2 is 1.77 bits per heavy atom. The van der Waals surface area contributed by atoms with Crippen LogP contribution in [0.2, 0.25) is 0 Å². The topological polar surface area (TPSA) is 66.0 Å². The van der Waals surface area contributed by atoms with E-state index in [0.717, 1.165) is 30.8 Å². The third-order valence-electron chi connectivity index (χ3n) is 5.25. The molecule has 0 saturated heterocycles. The summed E-state index contributed by atoms with van der Waals surface area (Å²) < 4.78 is 2.17. The Kier molecular flexibility index (Phi) is 7.54. The van der Waals surface area contributed by atoms with E-state index in [0.29, 0.717) is 17.1 Å². The average Bonchev–Trinajstić information content (AvgIpc) is 3.11. The van der Waals surface area contributed by atoms with Crippen LogP contribution in [-0.2, 0) is 24.4 Å². The molecule has 0 spiro atoms. The maximum absolute atomic E-state index is 12.7. The van der Waals surface area contributed by atoms with E-state index in [1.807, 2.05) is 43.3 Å². The van der Waals surface area contributed by atoms with E-state index in [4.69, 9.17) is 12.2 Å². The van der Waals surface area contributed by atoms with Crippen molar-refractivity contribution in [1.29, 1.82) is 0 Å². The molecular formula is C23H29N5OS. The van der Waals surface area contributed by atoms with E-state index in [9.17, 15) is 4.79 Å². The van der Waals surface area contributed by atoms with Gasteiger partial charge in [0.2, 0.25) is 5.91 Å². The monoisotopic (exact) mass is 423 g/mol. The number of nitrogens with zero attached hydrogens (tertiary/aromatic N) is 3. The maximum atomic E-state index is 12.7. The molecule has 0 saturated carbocycles. The van der Waals surface area contributed by atoms with Gasteiger partial charge < -0.3 is 5.32 Å². The predicted octanol–water partition coefficient (Wildman–Crippen LogP) is 4.07. The second kappa shape index (κ2) is 10.3. The number of nitrogens with one attached hydrogen (secondary N) is 2. The minimum atomic E-state index is -0.0986. The molecule has 0 unspecified atom stereocenters. The number of hydrogen-bond acceptors (Lipinski definition) is 4. The van der Waals surface area contributed by atoms with Gasteiger partial charge >= 0.3 is 0 Å². The Morgan fingerprint density at radius 1 is 1.10 bits per heavy atom. The van der Waals surface area contributed by atoms with Crippen LogP contribution in [0.1, 0.15) is 30.5 Å². The van der Waals surface area contributed by atoms with Gasteiger partial charge in [-0.25, -0.2) is 0 Å². The zero-order valence-corrected chi connectivity index (χ0v) is 18.6. The fourth-order valence-corrected chi connectivity index (χ4v) is 3.55. The molecule has 7 heteroatoms. The minimum Gasteiger partial charge on any atom is -0.350 e. The molecule has 2 N–H and O–H groups in total. The first-order chi connectivity index (χ1) is 14.5. The smallest absolute Gasteiger partial charge is 0.240 e. The van der Waals surface area contributed by atoms with Gasteiger partial charge in [0.15, 0.2) is 10.6 Å². The molecule has 2 aromatic carbocycles. The number of rotatable bonds is 9. The van der Waals surface area contributed by atoms with Crippen LogP contribution in [0, 0.1) is 11.7 Å². The van der Waals surface area contributed by atoms with Gasteiger partial charge in [0.1, 0.15) is 6.54 Å². The van der Waals surface area contributed by atoms with Crippen LogP contribution in [0.4, 0.5) is 0 Å². The normalized spacial score (nSPS) is 11.1. The van der Waals surface area contributed by atoms with Crippen LogP contribution in [-0.4, -0.2) is 38.7 Å². The summed E-state index contributed by atoms with van der Waals surface area (Å²) in [7, 11) is 0. The lowest BCUT2D eigenvalue weighted by Crippen LogP contribution is -2.29. The third kappa shape index (κ3) is 5.43. The van der Waals surface area contributed by atoms with Crippen molar-refractivity contribution in [2.75, 3.05) is 13.1 Å². The van der Waals surface area contributed by atoms with Crippen molar-refractivity contribution in [3.05, 3.63) is 70.0 Å². The van der Waals surface area contributed by atoms with Gasteiger partial charge in [0.05, 0.1) is 0 Å². The van der Waals surface area contributed by atoms with E-state index in [-0.39, 0.29) is 12.5 Å². The number of carbonyl (C=O) groups excluding carboxylic acids is 1. The molecule has 1 aromatic heterocycles. The fraction of sp³-hybridized carbons (Fsp3) is 0.348. The molecule has 0 aliphatic carbocycles. The van der Waals surface area contributed by atoms with Crippen LogP contribution in [0.3, 0.4) is 0 Å². The highest BCUT2D eigenvalue weighted by Gasteiger charge is 2.13. The summed E-state index contributed by atoms with van der Waals surface area (Å²) in [6, 6.07) is 16.3. The Bertz CT molecular complexity index is 1030. The highest BCUT2D eigenvalue weighted by molar-refractivity contribution is 7.71. The van der Waals surface area contributed by atoms with Crippen LogP contribution < -0.4 is 5.32 Å². The van der Waals surface area contributed by atoms with Crippen LogP contribution in [0.25, 0.3) is 11.4 Å². The van der Waals surface area contributed by atoms with E-state index in [1.165, 1.54) is 11.1 Å². The molecule has 0 fully saturated rings. The van der Waals surface area contributed by atoms with Gasteiger partial charge in [-0.15, -0.1) is 0 Å². The van der Waals surface area contributed by atoms with E-state index >= 15 is 0 Å². The van der Waals surface area contributed by atoms with Crippen molar-refractivity contribution < 1.29 is 4.79 Å². The second-order valence-electron chi connectivity index (χ2n) is 7.31. The van der Waals surface area contributed by atoms with Gasteiger partial charge in [-0.05, 0) is 43.4 Å². The fourth-order valence-electron chi connectivity index (χ4n) is 3.35. The molecule has 0 atom stereocenters. The highest BCUT2D eigenvalue weighted by Crippen LogP contribution is 2.18. The van der Waals surface area contributed by atoms with Crippen molar-refractivity contribution in [2.24, 2.45) is 0 Å². The van der Waals surface area contributed by atoms with Gasteiger partial charge in [-0.1, -0.05) is 67.9 Å². The maximum Gasteiger partial charge on any atom is 0.240 e. The number of aromatic nitrogens is 3. The second-order valence-corrected chi connectivity index (χ2v) is 7.70. The zero-order valence-electron chi connectivity index (χ0n) is 17.8. The summed E-state index contributed by atoms with van der Waals surface area (Å²) in [5.74, 6) is 0.565. The molecule has 0 bridgehead atoms. The lowest BCUT2D eigenvalue weighted by molar-refractivity contribution is -0.121. The molecule has 0 radical (unpaired) electrons. The van der Waals surface area contributed by atoms with Crippen molar-refractivity contribution in [2.45, 2.75) is 40.4 Å². The van der Waals surface area contributed by atoms with Crippen molar-refractivity contribution in [3.63, 3.8) is 0 Å². The summed E-state index contributed by atoms with van der Waals surface area (Å²) in [6.45, 7) is 9.84. The largest absolute Gasteiger partial charge is 0.350 e. The Labute approximate surface area is 182 Å². The summed E-state index contributed by atoms with van der Waals surface area (Å²) in [5.41, 5.74) is 4.46. The lowest BCUT2D eigenvalue weighted by atomic mass is 10.1. The van der Waals surface area contributed by atoms with Gasteiger partial charge in [0.25, 0.3) is 0 Å². The molecule has 6 nitrogen and oxygen atoms in total. The summed E-state index contributed by atoms with van der Waals surface area (Å²) in [5, 5.41) is 10.2. The van der Waals surface area contributed by atoms with Crippen LogP contribution >= 0.6 is 12.2 Å². The Morgan fingerprint density at radius 3 is 2.43 bits per heavy atom. The number of aryl methyl sites for hydroxylation is 1. The average molecular weight is 424 g/mol. The predicted molar refractivity (Wildman–Crippen MR) is 122 cm³/mol. The molecule has 3 rings (SSSR count). The SMILES string of the molecule is CCN(CC)Cc1ccccc1CNC(=O)Cn1c(-c2ccc(C)cc2)n[nH]c1=S. The van der Waals surface area contributed by atoms with Crippen molar-refractivity contribution in [3.8, 4) is 11.4 Å². The first kappa shape index (κ1) is 21.9. The number of H-pyrrole nitrogens is 1. The van der Waals surface area contributed by atoms with Crippen molar-refractivity contribution >= 4 is 18.1 Å². The standard InChI is InChI=1S/C23H29N5OS/c1-4-27(5-2)15-20-9-7-6-8-19(20)14-24-21(29)16-28-22(25-26-23(28)30)18-12-10-17(3)11-13-18/h6-13H,4-5,14-16H2,1-3H3,(H,24,29)(H,26,30). The highest BCUT2D eigenvalue weighted by atomic mass is 32.1. The summed E-state index contributed by atoms with van der Waals surface area (Å²) in [6.07, 6.45) is 0. The molecule has 158 valence electrons. The van der Waals surface area contributed by atoms with Crippen molar-refractivity contribution in [1.82, 2.24) is 25.0 Å². The molecule has 1 heterocycles. The third-order valence-corrected chi connectivity index (χ3v) is 5.56. The Hall–Kier alpha value is -2.77. The van der Waals surface area contributed by atoms with E-state index in [1.54, 1.807) is 4.57 Å². The molecule has 30 heavy (non-hydrogen) atoms. The first-order valence-corrected chi connectivity index (χ1v) is 10.7. The van der Waals surface area contributed by atoms with E-state index in [2.05, 4.69) is 46.4 Å².